The number of nitrogens with zero attached hydrogens (tertiary/aromatic N) is 9. The number of aliphatic hydroxyl groups is 1. The second-order valence-electron chi connectivity index (χ2n) is 18.4. The predicted octanol–water partition coefficient (Wildman–Crippen LogP) is 6.82. The molecule has 9 heterocycles. The minimum Gasteiger partial charge on any atom is -0.376 e. The SMILES string of the molecule is Cc1cc(-n2nc3c(c2-n2ccn(-c4ccn5c(C)ncc5c4)c2=O)[C@H](C)N(C(O)c2cn4cc([C@@H]5CCOC(C)(C)C5)ccc4c2C2(c4noc(=O)[nH]4)CC2)CC3)cc(C)c1F. The van der Waals surface area contributed by atoms with Crippen LogP contribution in [0.1, 0.15) is 115 Å². The van der Waals surface area contributed by atoms with E-state index in [0.717, 1.165) is 46.5 Å². The molecule has 7 aromatic heterocycles. The quantitative estimate of drug-likeness (QED) is 0.168. The summed E-state index contributed by atoms with van der Waals surface area (Å²) in [5.41, 5.74) is 7.11. The van der Waals surface area contributed by atoms with Crippen LogP contribution in [0.2, 0.25) is 0 Å². The molecule has 8 aromatic rings. The lowest BCUT2D eigenvalue weighted by Crippen LogP contribution is -2.38. The van der Waals surface area contributed by atoms with E-state index in [1.165, 1.54) is 5.56 Å². The monoisotopic (exact) mass is 852 g/mol. The van der Waals surface area contributed by atoms with Crippen LogP contribution in [-0.4, -0.2) is 71.6 Å². The van der Waals surface area contributed by atoms with Crippen LogP contribution in [0.25, 0.3) is 28.2 Å². The molecule has 1 unspecified atom stereocenters. The molecule has 0 bridgehead atoms. The average Bonchev–Trinajstić information content (AvgIpc) is 3.71. The maximum absolute atomic E-state index is 15.1. The van der Waals surface area contributed by atoms with E-state index in [0.29, 0.717) is 78.0 Å². The van der Waals surface area contributed by atoms with Crippen molar-refractivity contribution in [2.75, 3.05) is 13.2 Å². The molecule has 0 amide bonds. The van der Waals surface area contributed by atoms with Crippen molar-refractivity contribution >= 4 is 11.0 Å². The van der Waals surface area contributed by atoms with Crippen LogP contribution < -0.4 is 11.4 Å². The molecule has 2 N–H and O–H groups in total. The Morgan fingerprint density at radius 1 is 0.984 bits per heavy atom. The molecule has 2 aliphatic heterocycles. The maximum atomic E-state index is 15.1. The fourth-order valence-corrected chi connectivity index (χ4v) is 10.5. The van der Waals surface area contributed by atoms with E-state index in [2.05, 4.69) is 51.7 Å². The van der Waals surface area contributed by atoms with Gasteiger partial charge in [-0.1, -0.05) is 11.2 Å². The van der Waals surface area contributed by atoms with Gasteiger partial charge in [-0.25, -0.2) is 23.6 Å². The molecule has 324 valence electrons. The average molecular weight is 853 g/mol. The summed E-state index contributed by atoms with van der Waals surface area (Å²) < 4.78 is 35.2. The number of halogens is 1. The van der Waals surface area contributed by atoms with Crippen LogP contribution in [0.5, 0.6) is 0 Å². The van der Waals surface area contributed by atoms with E-state index >= 15 is 4.39 Å². The number of aromatic nitrogens is 9. The molecule has 1 aliphatic carbocycles. The van der Waals surface area contributed by atoms with Gasteiger partial charge in [-0.15, -0.1) is 0 Å². The molecule has 15 nitrogen and oxygen atoms in total. The minimum atomic E-state index is -1.11. The van der Waals surface area contributed by atoms with Crippen LogP contribution in [0, 0.1) is 26.6 Å². The molecule has 0 spiro atoms. The van der Waals surface area contributed by atoms with Gasteiger partial charge in [-0.2, -0.15) is 5.10 Å². The van der Waals surface area contributed by atoms with Crippen molar-refractivity contribution in [1.82, 2.24) is 47.7 Å². The molecule has 1 aromatic carbocycles. The molecule has 1 saturated heterocycles. The van der Waals surface area contributed by atoms with Gasteiger partial charge >= 0.3 is 11.4 Å². The number of fused-ring (bicyclic) bond motifs is 3. The zero-order valence-corrected chi connectivity index (χ0v) is 36.1. The lowest BCUT2D eigenvalue weighted by atomic mass is 9.84. The van der Waals surface area contributed by atoms with Gasteiger partial charge < -0.3 is 18.6 Å². The highest BCUT2D eigenvalue weighted by atomic mass is 19.1. The number of aryl methyl sites for hydroxylation is 3. The smallest absolute Gasteiger partial charge is 0.376 e. The van der Waals surface area contributed by atoms with Gasteiger partial charge in [0, 0.05) is 73.2 Å². The number of benzene rings is 1. The maximum Gasteiger partial charge on any atom is 0.438 e. The molecule has 2 fully saturated rings. The molecule has 16 heteroatoms. The first-order chi connectivity index (χ1) is 30.2. The lowest BCUT2D eigenvalue weighted by molar-refractivity contribution is -0.0593. The molecular weight excluding hydrogens is 804 g/mol. The van der Waals surface area contributed by atoms with Gasteiger partial charge in [0.25, 0.3) is 0 Å². The van der Waals surface area contributed by atoms with Crippen LogP contribution in [-0.2, 0) is 16.6 Å². The third kappa shape index (κ3) is 6.20. The van der Waals surface area contributed by atoms with E-state index < -0.39 is 23.4 Å². The summed E-state index contributed by atoms with van der Waals surface area (Å²) in [5, 5.41) is 22.2. The van der Waals surface area contributed by atoms with Crippen molar-refractivity contribution in [2.24, 2.45) is 0 Å². The van der Waals surface area contributed by atoms with E-state index in [1.54, 1.807) is 58.4 Å². The Labute approximate surface area is 361 Å². The van der Waals surface area contributed by atoms with Crippen molar-refractivity contribution in [3.05, 3.63) is 151 Å². The second kappa shape index (κ2) is 14.1. The highest BCUT2D eigenvalue weighted by molar-refractivity contribution is 5.67. The van der Waals surface area contributed by atoms with Crippen LogP contribution >= 0.6 is 0 Å². The van der Waals surface area contributed by atoms with Crippen LogP contribution in [0.3, 0.4) is 0 Å². The molecule has 11 rings (SSSR count). The van der Waals surface area contributed by atoms with Gasteiger partial charge in [0.05, 0.1) is 39.8 Å². The summed E-state index contributed by atoms with van der Waals surface area (Å²) in [6.07, 6.45) is 13.9. The van der Waals surface area contributed by atoms with E-state index in [9.17, 15) is 14.7 Å². The number of aromatic amines is 1. The fraction of sp³-hybridized carbons (Fsp3) is 0.383. The van der Waals surface area contributed by atoms with Gasteiger partial charge in [0.1, 0.15) is 23.7 Å². The molecule has 0 radical (unpaired) electrons. The zero-order valence-electron chi connectivity index (χ0n) is 36.1. The van der Waals surface area contributed by atoms with Crippen molar-refractivity contribution in [1.29, 1.82) is 0 Å². The van der Waals surface area contributed by atoms with Gasteiger partial charge in [-0.05, 0) is 126 Å². The minimum absolute atomic E-state index is 0.232. The van der Waals surface area contributed by atoms with E-state index in [4.69, 9.17) is 14.4 Å². The summed E-state index contributed by atoms with van der Waals surface area (Å²) in [5.74, 6) is 1.18. The van der Waals surface area contributed by atoms with Crippen molar-refractivity contribution in [2.45, 2.75) is 103 Å². The Hall–Kier alpha value is -6.36. The highest BCUT2D eigenvalue weighted by Crippen LogP contribution is 2.56. The van der Waals surface area contributed by atoms with Crippen molar-refractivity contribution in [3.8, 4) is 17.2 Å². The Morgan fingerprint density at radius 3 is 2.49 bits per heavy atom. The van der Waals surface area contributed by atoms with Gasteiger partial charge in [-0.3, -0.25) is 23.5 Å². The highest BCUT2D eigenvalue weighted by Gasteiger charge is 2.53. The Kier molecular flexibility index (Phi) is 8.82. The van der Waals surface area contributed by atoms with Gasteiger partial charge in [0.15, 0.2) is 5.82 Å². The third-order valence-electron chi connectivity index (χ3n) is 13.9. The summed E-state index contributed by atoms with van der Waals surface area (Å²) in [6, 6.07) is 11.1. The number of aliphatic hydroxyl groups excluding tert-OH is 1. The van der Waals surface area contributed by atoms with Gasteiger partial charge in [0.2, 0.25) is 0 Å². The van der Waals surface area contributed by atoms with E-state index in [-0.39, 0.29) is 17.1 Å². The topological polar surface area (TPSA) is 158 Å². The third-order valence-corrected chi connectivity index (χ3v) is 13.9. The number of hydrogen-bond acceptors (Lipinski definition) is 9. The molecular formula is C47H49FN10O5. The number of rotatable bonds is 8. The first kappa shape index (κ1) is 39.5. The normalized spacial score (nSPS) is 20.1. The summed E-state index contributed by atoms with van der Waals surface area (Å²) >= 11 is 0. The summed E-state index contributed by atoms with van der Waals surface area (Å²) in [4.78, 5) is 36.3. The number of ether oxygens (including phenoxy) is 1. The number of pyridine rings is 2. The Bertz CT molecular complexity index is 3220. The zero-order chi connectivity index (χ0) is 43.7. The number of H-pyrrole nitrogens is 1. The molecule has 3 aliphatic rings. The molecule has 3 atom stereocenters. The first-order valence-corrected chi connectivity index (χ1v) is 21.6. The summed E-state index contributed by atoms with van der Waals surface area (Å²) in [6.45, 7) is 12.8. The van der Waals surface area contributed by atoms with Crippen molar-refractivity contribution in [3.63, 3.8) is 0 Å². The first-order valence-electron chi connectivity index (χ1n) is 21.6. The fourth-order valence-electron chi connectivity index (χ4n) is 10.5. The number of nitrogens with one attached hydrogen (secondary N) is 1. The molecule has 63 heavy (non-hydrogen) atoms. The lowest BCUT2D eigenvalue weighted by Gasteiger charge is -2.37. The second-order valence-corrected chi connectivity index (χ2v) is 18.4. The largest absolute Gasteiger partial charge is 0.438 e. The van der Waals surface area contributed by atoms with Crippen LogP contribution in [0.15, 0.2) is 87.7 Å². The number of imidazole rings is 2. The Morgan fingerprint density at radius 2 is 1.76 bits per heavy atom. The Balaban J connectivity index is 1.04. The summed E-state index contributed by atoms with van der Waals surface area (Å²) in [7, 11) is 0. The number of hydrogen-bond donors (Lipinski definition) is 2. The van der Waals surface area contributed by atoms with E-state index in [1.807, 2.05) is 47.7 Å². The molecule has 1 saturated carbocycles. The predicted molar refractivity (Wildman–Crippen MR) is 232 cm³/mol. The standard InChI is InChI=1S/C47H49FN10O5/c1-26-19-33(20-27(2)40(26)48)58-41(57-17-16-56(45(57)61)32-9-14-55-29(4)49-23-34(55)21-32)38-28(3)54(15-10-36(38)51-58)42(59)35-25-53-24-31(30-11-18-62-46(5,6)22-30)7-8-37(53)39(35)47(12-13-47)43-50-44(60)63-52-43/h7-9,14,16-17,19-21,23-25,28,30,42,59H,10-13,15,18,22H2,1-6H3,(H,50,52,60)/t28-,30+,42?/m0/s1. The van der Waals surface area contributed by atoms with Crippen molar-refractivity contribution < 1.29 is 18.8 Å². The van der Waals surface area contributed by atoms with Crippen LogP contribution in [0.4, 0.5) is 4.39 Å².